The SMILES string of the molecule is O=C(C[C@@H]1COCCN1)NCc1cn2ccccc2n1. The van der Waals surface area contributed by atoms with Gasteiger partial charge in [-0.15, -0.1) is 0 Å². The predicted octanol–water partition coefficient (Wildman–Crippen LogP) is 0.329. The standard InChI is InChI=1S/C14H18N4O2/c19-14(7-11-10-20-6-4-15-11)16-8-12-9-18-5-2-1-3-13(18)17-12/h1-3,5,9,11,15H,4,6-8,10H2,(H,16,19)/t11-/m1/s1. The first-order chi connectivity index (χ1) is 9.81. The summed E-state index contributed by atoms with van der Waals surface area (Å²) in [5.74, 6) is 0.0186. The highest BCUT2D eigenvalue weighted by Crippen LogP contribution is 2.04. The highest BCUT2D eigenvalue weighted by Gasteiger charge is 2.16. The van der Waals surface area contributed by atoms with Crippen molar-refractivity contribution >= 4 is 11.6 Å². The monoisotopic (exact) mass is 274 g/mol. The first-order valence-electron chi connectivity index (χ1n) is 6.82. The van der Waals surface area contributed by atoms with E-state index in [0.717, 1.165) is 24.5 Å². The van der Waals surface area contributed by atoms with E-state index in [2.05, 4.69) is 15.6 Å². The Morgan fingerprint density at radius 3 is 3.30 bits per heavy atom. The minimum absolute atomic E-state index is 0.0186. The zero-order valence-electron chi connectivity index (χ0n) is 11.2. The molecule has 6 nitrogen and oxygen atoms in total. The summed E-state index contributed by atoms with van der Waals surface area (Å²) in [6.45, 7) is 2.58. The maximum Gasteiger partial charge on any atom is 0.221 e. The second-order valence-corrected chi connectivity index (χ2v) is 4.91. The number of fused-ring (bicyclic) bond motifs is 1. The molecule has 1 aliphatic heterocycles. The quantitative estimate of drug-likeness (QED) is 0.843. The topological polar surface area (TPSA) is 67.7 Å². The number of nitrogens with one attached hydrogen (secondary N) is 2. The molecule has 0 aliphatic carbocycles. The van der Waals surface area contributed by atoms with E-state index in [1.54, 1.807) is 0 Å². The van der Waals surface area contributed by atoms with Gasteiger partial charge in [0.25, 0.3) is 0 Å². The second-order valence-electron chi connectivity index (χ2n) is 4.91. The second kappa shape index (κ2) is 6.02. The zero-order chi connectivity index (χ0) is 13.8. The normalized spacial score (nSPS) is 19.1. The molecule has 106 valence electrons. The first-order valence-corrected chi connectivity index (χ1v) is 6.82. The Kier molecular flexibility index (Phi) is 3.94. The van der Waals surface area contributed by atoms with Gasteiger partial charge in [-0.2, -0.15) is 0 Å². The van der Waals surface area contributed by atoms with Gasteiger partial charge in [0.15, 0.2) is 0 Å². The summed E-state index contributed by atoms with van der Waals surface area (Å²) in [6.07, 6.45) is 4.31. The number of morpholine rings is 1. The van der Waals surface area contributed by atoms with Gasteiger partial charge < -0.3 is 19.8 Å². The van der Waals surface area contributed by atoms with Gasteiger partial charge in [-0.25, -0.2) is 4.98 Å². The number of pyridine rings is 1. The fourth-order valence-corrected chi connectivity index (χ4v) is 2.31. The minimum atomic E-state index is 0.0186. The van der Waals surface area contributed by atoms with E-state index in [9.17, 15) is 4.79 Å². The van der Waals surface area contributed by atoms with Crippen LogP contribution in [0.5, 0.6) is 0 Å². The van der Waals surface area contributed by atoms with E-state index >= 15 is 0 Å². The Labute approximate surface area is 117 Å². The minimum Gasteiger partial charge on any atom is -0.378 e. The number of aromatic nitrogens is 2. The smallest absolute Gasteiger partial charge is 0.221 e. The maximum atomic E-state index is 11.9. The van der Waals surface area contributed by atoms with Crippen LogP contribution in [0.15, 0.2) is 30.6 Å². The van der Waals surface area contributed by atoms with Crippen molar-refractivity contribution in [1.82, 2.24) is 20.0 Å². The van der Waals surface area contributed by atoms with Crippen LogP contribution in [0.25, 0.3) is 5.65 Å². The third-order valence-corrected chi connectivity index (χ3v) is 3.31. The molecule has 3 rings (SSSR count). The van der Waals surface area contributed by atoms with Crippen LogP contribution in [0.1, 0.15) is 12.1 Å². The van der Waals surface area contributed by atoms with Crippen LogP contribution in [0.3, 0.4) is 0 Å². The van der Waals surface area contributed by atoms with Gasteiger partial charge in [0.1, 0.15) is 5.65 Å². The highest BCUT2D eigenvalue weighted by atomic mass is 16.5. The van der Waals surface area contributed by atoms with E-state index in [1.165, 1.54) is 0 Å². The van der Waals surface area contributed by atoms with Crippen LogP contribution in [0.2, 0.25) is 0 Å². The maximum absolute atomic E-state index is 11.9. The fraction of sp³-hybridized carbons (Fsp3) is 0.429. The Morgan fingerprint density at radius 1 is 1.55 bits per heavy atom. The van der Waals surface area contributed by atoms with Crippen molar-refractivity contribution < 1.29 is 9.53 Å². The molecule has 0 bridgehead atoms. The number of amides is 1. The van der Waals surface area contributed by atoms with Crippen LogP contribution in [-0.4, -0.2) is 41.1 Å². The molecule has 3 heterocycles. The summed E-state index contributed by atoms with van der Waals surface area (Å²) in [7, 11) is 0. The van der Waals surface area contributed by atoms with Crippen molar-refractivity contribution in [3.63, 3.8) is 0 Å². The average Bonchev–Trinajstić information content (AvgIpc) is 2.89. The summed E-state index contributed by atoms with van der Waals surface area (Å²) < 4.78 is 7.27. The number of imidazole rings is 1. The van der Waals surface area contributed by atoms with E-state index < -0.39 is 0 Å². The van der Waals surface area contributed by atoms with Gasteiger partial charge in [0, 0.05) is 31.4 Å². The third kappa shape index (κ3) is 3.15. The lowest BCUT2D eigenvalue weighted by Crippen LogP contribution is -2.44. The molecule has 1 atom stereocenters. The zero-order valence-corrected chi connectivity index (χ0v) is 11.2. The van der Waals surface area contributed by atoms with Gasteiger partial charge >= 0.3 is 0 Å². The molecule has 2 aromatic heterocycles. The molecule has 2 N–H and O–H groups in total. The molecule has 2 aromatic rings. The Hall–Kier alpha value is -1.92. The molecule has 1 aliphatic rings. The molecule has 1 saturated heterocycles. The molecule has 0 unspecified atom stereocenters. The number of rotatable bonds is 4. The molecule has 0 radical (unpaired) electrons. The highest BCUT2D eigenvalue weighted by molar-refractivity contribution is 5.76. The number of carbonyl (C=O) groups excluding carboxylic acids is 1. The molecule has 1 amide bonds. The Bertz CT molecular complexity index is 557. The summed E-state index contributed by atoms with van der Waals surface area (Å²) in [5.41, 5.74) is 1.75. The van der Waals surface area contributed by atoms with Crippen LogP contribution < -0.4 is 10.6 Å². The lowest BCUT2D eigenvalue weighted by molar-refractivity contribution is -0.122. The van der Waals surface area contributed by atoms with Gasteiger partial charge in [0.2, 0.25) is 5.91 Å². The van der Waals surface area contributed by atoms with Gasteiger partial charge in [0.05, 0.1) is 25.5 Å². The summed E-state index contributed by atoms with van der Waals surface area (Å²) in [4.78, 5) is 16.3. The molecule has 0 saturated carbocycles. The predicted molar refractivity (Wildman–Crippen MR) is 74.3 cm³/mol. The van der Waals surface area contributed by atoms with Crippen molar-refractivity contribution in [2.75, 3.05) is 19.8 Å². The number of ether oxygens (including phenoxy) is 1. The molecule has 1 fully saturated rings. The summed E-state index contributed by atoms with van der Waals surface area (Å²) >= 11 is 0. The molecule has 6 heteroatoms. The molecule has 0 spiro atoms. The average molecular weight is 274 g/mol. The number of hydrogen-bond acceptors (Lipinski definition) is 4. The van der Waals surface area contributed by atoms with E-state index in [1.807, 2.05) is 35.0 Å². The number of nitrogens with zero attached hydrogens (tertiary/aromatic N) is 2. The summed E-state index contributed by atoms with van der Waals surface area (Å²) in [5, 5.41) is 6.16. The van der Waals surface area contributed by atoms with Crippen LogP contribution in [0, 0.1) is 0 Å². The largest absolute Gasteiger partial charge is 0.378 e. The lowest BCUT2D eigenvalue weighted by Gasteiger charge is -2.23. The van der Waals surface area contributed by atoms with Gasteiger partial charge in [-0.05, 0) is 12.1 Å². The molecular weight excluding hydrogens is 256 g/mol. The van der Waals surface area contributed by atoms with E-state index in [4.69, 9.17) is 4.74 Å². The van der Waals surface area contributed by atoms with Crippen molar-refractivity contribution in [2.45, 2.75) is 19.0 Å². The van der Waals surface area contributed by atoms with E-state index in [0.29, 0.717) is 19.6 Å². The third-order valence-electron chi connectivity index (χ3n) is 3.31. The lowest BCUT2D eigenvalue weighted by atomic mass is 10.2. The van der Waals surface area contributed by atoms with Crippen LogP contribution >= 0.6 is 0 Å². The number of hydrogen-bond donors (Lipinski definition) is 2. The molecule has 20 heavy (non-hydrogen) atoms. The fourth-order valence-electron chi connectivity index (χ4n) is 2.31. The van der Waals surface area contributed by atoms with E-state index in [-0.39, 0.29) is 11.9 Å². The number of carbonyl (C=O) groups is 1. The molecular formula is C14H18N4O2. The van der Waals surface area contributed by atoms with Gasteiger partial charge in [-0.3, -0.25) is 4.79 Å². The summed E-state index contributed by atoms with van der Waals surface area (Å²) in [6, 6.07) is 5.95. The van der Waals surface area contributed by atoms with Crippen molar-refractivity contribution in [1.29, 1.82) is 0 Å². The molecule has 0 aromatic carbocycles. The van der Waals surface area contributed by atoms with Crippen molar-refractivity contribution in [3.05, 3.63) is 36.3 Å². The Balaban J connectivity index is 1.51. The Morgan fingerprint density at radius 2 is 2.50 bits per heavy atom. The van der Waals surface area contributed by atoms with Crippen molar-refractivity contribution in [2.24, 2.45) is 0 Å². The van der Waals surface area contributed by atoms with Gasteiger partial charge in [-0.1, -0.05) is 6.07 Å². The van der Waals surface area contributed by atoms with Crippen molar-refractivity contribution in [3.8, 4) is 0 Å². The first kappa shape index (κ1) is 13.1. The van der Waals surface area contributed by atoms with Crippen LogP contribution in [0.4, 0.5) is 0 Å². The van der Waals surface area contributed by atoms with Crippen LogP contribution in [-0.2, 0) is 16.1 Å².